The van der Waals surface area contributed by atoms with Crippen LogP contribution in [0.3, 0.4) is 0 Å². The van der Waals surface area contributed by atoms with Crippen LogP contribution >= 0.6 is 0 Å². The second-order valence-corrected chi connectivity index (χ2v) is 5.79. The first-order valence-corrected chi connectivity index (χ1v) is 8.70. The first kappa shape index (κ1) is 21.0. The molecule has 0 heterocycles. The van der Waals surface area contributed by atoms with Gasteiger partial charge in [0.15, 0.2) is 0 Å². The van der Waals surface area contributed by atoms with Crippen LogP contribution in [0, 0.1) is 0 Å². The molecule has 28 heavy (non-hydrogen) atoms. The van der Waals surface area contributed by atoms with Gasteiger partial charge in [-0.15, -0.1) is 0 Å². The van der Waals surface area contributed by atoms with Crippen LogP contribution in [0.2, 0.25) is 0 Å². The Kier molecular flexibility index (Phi) is 8.11. The number of methoxy groups -OCH3 is 3. The fourth-order valence-electron chi connectivity index (χ4n) is 2.40. The van der Waals surface area contributed by atoms with E-state index in [0.717, 1.165) is 5.69 Å². The Labute approximate surface area is 164 Å². The van der Waals surface area contributed by atoms with Crippen LogP contribution in [-0.4, -0.2) is 52.8 Å². The summed E-state index contributed by atoms with van der Waals surface area (Å²) in [4.78, 5) is 24.2. The largest absolute Gasteiger partial charge is 0.497 e. The monoisotopic (exact) mass is 387 g/mol. The summed E-state index contributed by atoms with van der Waals surface area (Å²) in [5.41, 5.74) is 1.78. The predicted octanol–water partition coefficient (Wildman–Crippen LogP) is 2.13. The van der Waals surface area contributed by atoms with Gasteiger partial charge in [-0.2, -0.15) is 0 Å². The van der Waals surface area contributed by atoms with Crippen LogP contribution in [-0.2, 0) is 9.53 Å². The minimum atomic E-state index is -0.243. The topological polar surface area (TPSA) is 97.9 Å². The van der Waals surface area contributed by atoms with Crippen molar-refractivity contribution in [2.24, 2.45) is 0 Å². The lowest BCUT2D eigenvalue weighted by Crippen LogP contribution is -2.26. The molecule has 2 aromatic rings. The van der Waals surface area contributed by atoms with Crippen LogP contribution in [0.5, 0.6) is 11.5 Å². The number of nitrogens with one attached hydrogen (secondary N) is 3. The molecule has 2 amide bonds. The Hall–Kier alpha value is -3.26. The highest BCUT2D eigenvalue weighted by Gasteiger charge is 2.10. The smallest absolute Gasteiger partial charge is 0.251 e. The van der Waals surface area contributed by atoms with Crippen LogP contribution < -0.4 is 25.4 Å². The normalized spacial score (nSPS) is 10.1. The van der Waals surface area contributed by atoms with Gasteiger partial charge in [0.25, 0.3) is 5.91 Å². The van der Waals surface area contributed by atoms with E-state index in [-0.39, 0.29) is 18.4 Å². The van der Waals surface area contributed by atoms with Gasteiger partial charge < -0.3 is 30.2 Å². The Bertz CT molecular complexity index is 793. The lowest BCUT2D eigenvalue weighted by atomic mass is 10.2. The third kappa shape index (κ3) is 6.17. The second-order valence-electron chi connectivity index (χ2n) is 5.79. The molecule has 3 N–H and O–H groups in total. The number of carbonyl (C=O) groups excluding carboxylic acids is 2. The number of benzene rings is 2. The van der Waals surface area contributed by atoms with Crippen molar-refractivity contribution in [2.75, 3.05) is 51.7 Å². The third-order valence-corrected chi connectivity index (χ3v) is 3.87. The van der Waals surface area contributed by atoms with Gasteiger partial charge in [-0.1, -0.05) is 0 Å². The summed E-state index contributed by atoms with van der Waals surface area (Å²) < 4.78 is 15.3. The highest BCUT2D eigenvalue weighted by molar-refractivity contribution is 5.96. The highest BCUT2D eigenvalue weighted by atomic mass is 16.5. The molecule has 0 aliphatic rings. The van der Waals surface area contributed by atoms with Crippen molar-refractivity contribution in [3.63, 3.8) is 0 Å². The number of rotatable bonds is 10. The molecule has 0 aliphatic heterocycles. The van der Waals surface area contributed by atoms with Gasteiger partial charge in [0.05, 0.1) is 33.1 Å². The third-order valence-electron chi connectivity index (χ3n) is 3.87. The molecular weight excluding hydrogens is 362 g/mol. The molecule has 0 saturated carbocycles. The molecule has 0 atom stereocenters. The van der Waals surface area contributed by atoms with E-state index in [4.69, 9.17) is 14.2 Å². The molecule has 2 aromatic carbocycles. The van der Waals surface area contributed by atoms with Gasteiger partial charge >= 0.3 is 0 Å². The molecule has 8 nitrogen and oxygen atoms in total. The van der Waals surface area contributed by atoms with Crippen molar-refractivity contribution in [3.05, 3.63) is 48.0 Å². The SMILES string of the molecule is COCCNC(=O)c1ccc(NCC(=O)Nc2cc(OC)ccc2OC)cc1. The summed E-state index contributed by atoms with van der Waals surface area (Å²) in [6.07, 6.45) is 0. The fraction of sp³-hybridized carbons (Fsp3) is 0.300. The number of hydrogen-bond acceptors (Lipinski definition) is 6. The van der Waals surface area contributed by atoms with E-state index >= 15 is 0 Å². The first-order chi connectivity index (χ1) is 13.6. The minimum absolute atomic E-state index is 0.0553. The summed E-state index contributed by atoms with van der Waals surface area (Å²) >= 11 is 0. The van der Waals surface area contributed by atoms with E-state index in [2.05, 4.69) is 16.0 Å². The Balaban J connectivity index is 1.88. The van der Waals surface area contributed by atoms with E-state index in [1.165, 1.54) is 7.11 Å². The van der Waals surface area contributed by atoms with Crippen molar-refractivity contribution in [1.82, 2.24) is 5.32 Å². The summed E-state index contributed by atoms with van der Waals surface area (Å²) in [5.74, 6) is 0.737. The molecule has 2 rings (SSSR count). The standard InChI is InChI=1S/C20H25N3O5/c1-26-11-10-21-20(25)14-4-6-15(7-5-14)22-13-19(24)23-17-12-16(27-2)8-9-18(17)28-3/h4-9,12,22H,10-11,13H2,1-3H3,(H,21,25)(H,23,24). The van der Waals surface area contributed by atoms with Crippen molar-refractivity contribution in [3.8, 4) is 11.5 Å². The van der Waals surface area contributed by atoms with Crippen LogP contribution in [0.1, 0.15) is 10.4 Å². The number of ether oxygens (including phenoxy) is 3. The number of carbonyl (C=O) groups is 2. The van der Waals surface area contributed by atoms with Gasteiger partial charge in [0.2, 0.25) is 5.91 Å². The fourth-order valence-corrected chi connectivity index (χ4v) is 2.40. The van der Waals surface area contributed by atoms with Crippen molar-refractivity contribution >= 4 is 23.2 Å². The zero-order valence-corrected chi connectivity index (χ0v) is 16.2. The van der Waals surface area contributed by atoms with Crippen LogP contribution in [0.4, 0.5) is 11.4 Å². The summed E-state index contributed by atoms with van der Waals surface area (Å²) in [7, 11) is 4.66. The van der Waals surface area contributed by atoms with Crippen molar-refractivity contribution in [1.29, 1.82) is 0 Å². The lowest BCUT2D eigenvalue weighted by molar-refractivity contribution is -0.114. The van der Waals surface area contributed by atoms with Gasteiger partial charge in [-0.05, 0) is 36.4 Å². The maximum Gasteiger partial charge on any atom is 0.251 e. The zero-order chi connectivity index (χ0) is 20.4. The maximum atomic E-state index is 12.2. The Morgan fingerprint density at radius 2 is 1.71 bits per heavy atom. The number of hydrogen-bond donors (Lipinski definition) is 3. The average molecular weight is 387 g/mol. The van der Waals surface area contributed by atoms with E-state index in [1.54, 1.807) is 56.7 Å². The summed E-state index contributed by atoms with van der Waals surface area (Å²) in [6.45, 7) is 0.960. The lowest BCUT2D eigenvalue weighted by Gasteiger charge is -2.12. The van der Waals surface area contributed by atoms with E-state index in [0.29, 0.717) is 35.9 Å². The summed E-state index contributed by atoms with van der Waals surface area (Å²) in [6, 6.07) is 12.0. The second kappa shape index (κ2) is 10.8. The van der Waals surface area contributed by atoms with Crippen LogP contribution in [0.25, 0.3) is 0 Å². The zero-order valence-electron chi connectivity index (χ0n) is 16.2. The van der Waals surface area contributed by atoms with Crippen LogP contribution in [0.15, 0.2) is 42.5 Å². The average Bonchev–Trinajstić information content (AvgIpc) is 2.72. The number of anilines is 2. The molecule has 0 spiro atoms. The molecule has 0 aliphatic carbocycles. The molecule has 0 unspecified atom stereocenters. The first-order valence-electron chi connectivity index (χ1n) is 8.70. The molecular formula is C20H25N3O5. The van der Waals surface area contributed by atoms with Crippen molar-refractivity contribution < 1.29 is 23.8 Å². The maximum absolute atomic E-state index is 12.2. The van der Waals surface area contributed by atoms with Crippen molar-refractivity contribution in [2.45, 2.75) is 0 Å². The van der Waals surface area contributed by atoms with Gasteiger partial charge in [-0.25, -0.2) is 0 Å². The Morgan fingerprint density at radius 3 is 2.36 bits per heavy atom. The summed E-state index contributed by atoms with van der Waals surface area (Å²) in [5, 5.41) is 8.54. The number of amides is 2. The quantitative estimate of drug-likeness (QED) is 0.541. The highest BCUT2D eigenvalue weighted by Crippen LogP contribution is 2.28. The van der Waals surface area contributed by atoms with E-state index < -0.39 is 0 Å². The molecule has 0 bridgehead atoms. The molecule has 0 radical (unpaired) electrons. The van der Waals surface area contributed by atoms with Gasteiger partial charge in [0.1, 0.15) is 11.5 Å². The minimum Gasteiger partial charge on any atom is -0.497 e. The van der Waals surface area contributed by atoms with Gasteiger partial charge in [-0.3, -0.25) is 9.59 Å². The molecule has 8 heteroatoms. The van der Waals surface area contributed by atoms with E-state index in [1.807, 2.05) is 0 Å². The Morgan fingerprint density at radius 1 is 0.964 bits per heavy atom. The molecule has 0 saturated heterocycles. The predicted molar refractivity (Wildman–Crippen MR) is 107 cm³/mol. The molecule has 0 aromatic heterocycles. The molecule has 0 fully saturated rings. The molecule has 150 valence electrons. The van der Waals surface area contributed by atoms with E-state index in [9.17, 15) is 9.59 Å². The van der Waals surface area contributed by atoms with Gasteiger partial charge in [0, 0.05) is 31.0 Å².